The monoisotopic (exact) mass is 387 g/mol. The lowest BCUT2D eigenvalue weighted by atomic mass is 10.2. The van der Waals surface area contributed by atoms with Crippen LogP contribution in [0.5, 0.6) is 0 Å². The highest BCUT2D eigenvalue weighted by atomic mass is 32.2. The first-order valence-corrected chi connectivity index (χ1v) is 9.14. The molecule has 2 heterocycles. The Morgan fingerprint density at radius 2 is 2.00 bits per heavy atom. The third-order valence-corrected chi connectivity index (χ3v) is 4.75. The maximum absolute atomic E-state index is 12.9. The summed E-state index contributed by atoms with van der Waals surface area (Å²) in [6.07, 6.45) is 0. The van der Waals surface area contributed by atoms with Crippen LogP contribution in [0.1, 0.15) is 0 Å². The standard InChI is InChI=1S/C16H10FN5O2S2/c17-10-6-4-9(5-7-10)15-19-20-16(24-15)25-8-13(23)18-11-2-1-3-12-14(11)22-26-21-12/h1-7H,8H2,(H,18,23). The van der Waals surface area contributed by atoms with Crippen molar-refractivity contribution in [1.29, 1.82) is 0 Å². The van der Waals surface area contributed by atoms with Gasteiger partial charge >= 0.3 is 0 Å². The van der Waals surface area contributed by atoms with Gasteiger partial charge in [0.25, 0.3) is 5.22 Å². The first-order chi connectivity index (χ1) is 12.7. The molecule has 0 spiro atoms. The molecule has 0 aliphatic carbocycles. The van der Waals surface area contributed by atoms with Crippen LogP contribution >= 0.6 is 23.5 Å². The van der Waals surface area contributed by atoms with E-state index < -0.39 is 0 Å². The lowest BCUT2D eigenvalue weighted by Crippen LogP contribution is -2.14. The van der Waals surface area contributed by atoms with E-state index in [-0.39, 0.29) is 28.6 Å². The first kappa shape index (κ1) is 16.6. The Kier molecular flexibility index (Phi) is 4.59. The van der Waals surface area contributed by atoms with Crippen LogP contribution in [-0.2, 0) is 4.79 Å². The van der Waals surface area contributed by atoms with E-state index in [4.69, 9.17) is 4.42 Å². The predicted molar refractivity (Wildman–Crippen MR) is 96.5 cm³/mol. The quantitative estimate of drug-likeness (QED) is 0.523. The molecular weight excluding hydrogens is 377 g/mol. The van der Waals surface area contributed by atoms with Gasteiger partial charge in [-0.3, -0.25) is 4.79 Å². The van der Waals surface area contributed by atoms with Gasteiger partial charge in [-0.1, -0.05) is 17.8 Å². The second-order valence-corrected chi connectivity index (χ2v) is 6.61. The highest BCUT2D eigenvalue weighted by Gasteiger charge is 2.13. The first-order valence-electron chi connectivity index (χ1n) is 7.42. The second kappa shape index (κ2) is 7.18. The second-order valence-electron chi connectivity index (χ2n) is 5.15. The van der Waals surface area contributed by atoms with Crippen LogP contribution in [0.2, 0.25) is 0 Å². The van der Waals surface area contributed by atoms with Crippen molar-refractivity contribution in [2.24, 2.45) is 0 Å². The van der Waals surface area contributed by atoms with Gasteiger partial charge in [-0.25, -0.2) is 4.39 Å². The third-order valence-electron chi connectivity index (χ3n) is 3.38. The van der Waals surface area contributed by atoms with Crippen LogP contribution in [0.15, 0.2) is 52.1 Å². The number of amides is 1. The maximum atomic E-state index is 12.9. The van der Waals surface area contributed by atoms with Crippen LogP contribution in [-0.4, -0.2) is 30.6 Å². The number of hydrogen-bond donors (Lipinski definition) is 1. The van der Waals surface area contributed by atoms with Gasteiger partial charge in [-0.05, 0) is 36.4 Å². The fourth-order valence-corrected chi connectivity index (χ4v) is 3.31. The number of hydrogen-bond acceptors (Lipinski definition) is 8. The van der Waals surface area contributed by atoms with Gasteiger partial charge in [0.05, 0.1) is 23.2 Å². The summed E-state index contributed by atoms with van der Waals surface area (Å²) in [7, 11) is 0. The lowest BCUT2D eigenvalue weighted by Gasteiger charge is -2.03. The van der Waals surface area contributed by atoms with Gasteiger partial charge in [-0.2, -0.15) is 8.75 Å². The van der Waals surface area contributed by atoms with E-state index in [1.165, 1.54) is 12.1 Å². The van der Waals surface area contributed by atoms with Gasteiger partial charge in [-0.15, -0.1) is 10.2 Å². The molecule has 10 heteroatoms. The summed E-state index contributed by atoms with van der Waals surface area (Å²) in [5, 5.41) is 10.8. The number of aromatic nitrogens is 4. The summed E-state index contributed by atoms with van der Waals surface area (Å²) < 4.78 is 26.7. The number of nitrogens with zero attached hydrogens (tertiary/aromatic N) is 4. The molecule has 1 N–H and O–H groups in total. The van der Waals surface area contributed by atoms with Gasteiger partial charge in [0.2, 0.25) is 11.8 Å². The molecule has 2 aromatic heterocycles. The molecule has 1 amide bonds. The van der Waals surface area contributed by atoms with E-state index in [1.54, 1.807) is 24.3 Å². The summed E-state index contributed by atoms with van der Waals surface area (Å²) in [4.78, 5) is 12.2. The van der Waals surface area contributed by atoms with Crippen LogP contribution in [0.3, 0.4) is 0 Å². The molecular formula is C16H10FN5O2S2. The number of rotatable bonds is 5. The Labute approximate surface area is 155 Å². The van der Waals surface area contributed by atoms with E-state index >= 15 is 0 Å². The smallest absolute Gasteiger partial charge is 0.277 e. The Morgan fingerprint density at radius 3 is 2.85 bits per heavy atom. The normalized spacial score (nSPS) is 11.0. The number of benzene rings is 2. The maximum Gasteiger partial charge on any atom is 0.277 e. The summed E-state index contributed by atoms with van der Waals surface area (Å²) in [6, 6.07) is 11.1. The number of anilines is 1. The molecule has 4 rings (SSSR count). The minimum Gasteiger partial charge on any atom is -0.411 e. The van der Waals surface area contributed by atoms with Crippen molar-refractivity contribution in [3.05, 3.63) is 48.3 Å². The summed E-state index contributed by atoms with van der Waals surface area (Å²) in [5.41, 5.74) is 2.62. The van der Waals surface area contributed by atoms with E-state index in [1.807, 2.05) is 6.07 Å². The molecule has 4 aromatic rings. The number of halogens is 1. The van der Waals surface area contributed by atoms with Crippen molar-refractivity contribution in [1.82, 2.24) is 18.9 Å². The van der Waals surface area contributed by atoms with E-state index in [0.29, 0.717) is 16.8 Å². The van der Waals surface area contributed by atoms with Crippen molar-refractivity contribution in [2.75, 3.05) is 11.1 Å². The number of thioether (sulfide) groups is 1. The van der Waals surface area contributed by atoms with Crippen molar-refractivity contribution >= 4 is 46.1 Å². The molecule has 130 valence electrons. The minimum absolute atomic E-state index is 0.0962. The fourth-order valence-electron chi connectivity index (χ4n) is 2.20. The number of nitrogens with one attached hydrogen (secondary N) is 1. The highest BCUT2D eigenvalue weighted by molar-refractivity contribution is 7.99. The average Bonchev–Trinajstić information content (AvgIpc) is 3.30. The van der Waals surface area contributed by atoms with Crippen LogP contribution in [0.4, 0.5) is 10.1 Å². The van der Waals surface area contributed by atoms with E-state index in [2.05, 4.69) is 24.3 Å². The predicted octanol–water partition coefficient (Wildman–Crippen LogP) is 3.61. The molecule has 0 atom stereocenters. The summed E-state index contributed by atoms with van der Waals surface area (Å²) in [5.74, 6) is -0.202. The molecule has 0 saturated heterocycles. The van der Waals surface area contributed by atoms with Crippen molar-refractivity contribution < 1.29 is 13.6 Å². The highest BCUT2D eigenvalue weighted by Crippen LogP contribution is 2.24. The van der Waals surface area contributed by atoms with Crippen molar-refractivity contribution in [2.45, 2.75) is 5.22 Å². The molecule has 0 unspecified atom stereocenters. The summed E-state index contributed by atoms with van der Waals surface area (Å²) in [6.45, 7) is 0. The van der Waals surface area contributed by atoms with E-state index in [9.17, 15) is 9.18 Å². The molecule has 26 heavy (non-hydrogen) atoms. The topological polar surface area (TPSA) is 93.8 Å². The number of carbonyl (C=O) groups excluding carboxylic acids is 1. The Morgan fingerprint density at radius 1 is 1.15 bits per heavy atom. The average molecular weight is 387 g/mol. The Hall–Kier alpha value is -2.85. The molecule has 0 fully saturated rings. The molecule has 7 nitrogen and oxygen atoms in total. The fraction of sp³-hybridized carbons (Fsp3) is 0.0625. The van der Waals surface area contributed by atoms with E-state index in [0.717, 1.165) is 29.0 Å². The molecule has 0 aliphatic heterocycles. The largest absolute Gasteiger partial charge is 0.411 e. The van der Waals surface area contributed by atoms with Gasteiger partial charge in [0.1, 0.15) is 16.9 Å². The van der Waals surface area contributed by atoms with Crippen LogP contribution in [0, 0.1) is 5.82 Å². The zero-order valence-corrected chi connectivity index (χ0v) is 14.7. The minimum atomic E-state index is -0.343. The SMILES string of the molecule is O=C(CSc1nnc(-c2ccc(F)cc2)o1)Nc1cccc2nsnc12. The number of fused-ring (bicyclic) bond motifs is 1. The third kappa shape index (κ3) is 3.55. The molecule has 0 saturated carbocycles. The zero-order chi connectivity index (χ0) is 17.9. The zero-order valence-electron chi connectivity index (χ0n) is 13.0. The van der Waals surface area contributed by atoms with Gasteiger partial charge in [0.15, 0.2) is 0 Å². The number of carbonyl (C=O) groups is 1. The summed E-state index contributed by atoms with van der Waals surface area (Å²) >= 11 is 2.21. The van der Waals surface area contributed by atoms with Crippen molar-refractivity contribution in [3.63, 3.8) is 0 Å². The Balaban J connectivity index is 1.39. The molecule has 0 bridgehead atoms. The van der Waals surface area contributed by atoms with Crippen LogP contribution in [0.25, 0.3) is 22.5 Å². The van der Waals surface area contributed by atoms with Gasteiger partial charge in [0, 0.05) is 5.56 Å². The lowest BCUT2D eigenvalue weighted by molar-refractivity contribution is -0.113. The van der Waals surface area contributed by atoms with Crippen LogP contribution < -0.4 is 5.32 Å². The molecule has 0 aliphatic rings. The Bertz CT molecular complexity index is 1060. The molecule has 2 aromatic carbocycles. The molecule has 0 radical (unpaired) electrons. The van der Waals surface area contributed by atoms with Crippen molar-refractivity contribution in [3.8, 4) is 11.5 Å². The van der Waals surface area contributed by atoms with Gasteiger partial charge < -0.3 is 9.73 Å².